The topological polar surface area (TPSA) is 28.7 Å². The number of fused-ring (bicyclic) bond motifs is 1. The van der Waals surface area contributed by atoms with E-state index in [0.717, 1.165) is 23.3 Å². The Balaban J connectivity index is 0.00000180. The van der Waals surface area contributed by atoms with Crippen molar-refractivity contribution in [1.82, 2.24) is 9.97 Å². The minimum atomic E-state index is 0. The smallest absolute Gasteiger partial charge is 0.107 e. The highest BCUT2D eigenvalue weighted by atomic mass is 79.9. The third-order valence-electron chi connectivity index (χ3n) is 3.46. The number of para-hydroxylation sites is 2. The molecule has 0 spiro atoms. The predicted octanol–water partition coefficient (Wildman–Crippen LogP) is 1.86. The van der Waals surface area contributed by atoms with Gasteiger partial charge in [-0.1, -0.05) is 57.6 Å². The molecule has 1 heterocycles. The van der Waals surface area contributed by atoms with Crippen LogP contribution < -0.4 is 17.0 Å². The van der Waals surface area contributed by atoms with Crippen LogP contribution in [0.2, 0.25) is 0 Å². The van der Waals surface area contributed by atoms with Crippen molar-refractivity contribution in [2.75, 3.05) is 0 Å². The fourth-order valence-electron chi connectivity index (χ4n) is 2.37. The molecule has 3 heteroatoms. The van der Waals surface area contributed by atoms with E-state index < -0.39 is 0 Å². The Morgan fingerprint density at radius 2 is 1.63 bits per heavy atom. The molecule has 19 heavy (non-hydrogen) atoms. The van der Waals surface area contributed by atoms with E-state index in [4.69, 9.17) is 0 Å². The molecule has 106 valence electrons. The SMILES string of the molecule is CCCCCCCCCc1nc2ccccc2[nH]1.[Br-]. The summed E-state index contributed by atoms with van der Waals surface area (Å²) in [6.45, 7) is 2.27. The zero-order valence-electron chi connectivity index (χ0n) is 11.8. The highest BCUT2D eigenvalue weighted by molar-refractivity contribution is 5.74. The summed E-state index contributed by atoms with van der Waals surface area (Å²) < 4.78 is 0. The summed E-state index contributed by atoms with van der Waals surface area (Å²) in [7, 11) is 0. The van der Waals surface area contributed by atoms with Crippen molar-refractivity contribution in [1.29, 1.82) is 0 Å². The number of nitrogens with zero attached hydrogens (tertiary/aromatic N) is 1. The molecule has 1 N–H and O–H groups in total. The van der Waals surface area contributed by atoms with Gasteiger partial charge in [0, 0.05) is 6.42 Å². The van der Waals surface area contributed by atoms with Crippen molar-refractivity contribution in [2.24, 2.45) is 0 Å². The van der Waals surface area contributed by atoms with Gasteiger partial charge in [-0.2, -0.15) is 0 Å². The Morgan fingerprint density at radius 3 is 2.37 bits per heavy atom. The number of aromatic amines is 1. The monoisotopic (exact) mass is 323 g/mol. The van der Waals surface area contributed by atoms with Gasteiger partial charge in [-0.15, -0.1) is 0 Å². The molecule has 0 amide bonds. The number of imidazole rings is 1. The van der Waals surface area contributed by atoms with Gasteiger partial charge >= 0.3 is 0 Å². The number of unbranched alkanes of at least 4 members (excludes halogenated alkanes) is 6. The number of hydrogen-bond donors (Lipinski definition) is 1. The maximum absolute atomic E-state index is 4.60. The number of halogens is 1. The second-order valence-electron chi connectivity index (χ2n) is 5.07. The van der Waals surface area contributed by atoms with Crippen LogP contribution in [0.3, 0.4) is 0 Å². The molecular weight excluding hydrogens is 300 g/mol. The molecule has 0 aliphatic carbocycles. The molecule has 1 aromatic heterocycles. The molecule has 0 bridgehead atoms. The third-order valence-corrected chi connectivity index (χ3v) is 3.46. The van der Waals surface area contributed by atoms with Crippen LogP contribution in [0.5, 0.6) is 0 Å². The van der Waals surface area contributed by atoms with Crippen LogP contribution in [0.15, 0.2) is 24.3 Å². The molecule has 0 unspecified atom stereocenters. The van der Waals surface area contributed by atoms with Crippen LogP contribution in [0.25, 0.3) is 11.0 Å². The number of benzene rings is 1. The van der Waals surface area contributed by atoms with Crippen LogP contribution in [-0.2, 0) is 6.42 Å². The minimum absolute atomic E-state index is 0. The van der Waals surface area contributed by atoms with Crippen molar-refractivity contribution in [2.45, 2.75) is 58.3 Å². The number of hydrogen-bond acceptors (Lipinski definition) is 1. The molecule has 0 saturated heterocycles. The van der Waals surface area contributed by atoms with E-state index >= 15 is 0 Å². The summed E-state index contributed by atoms with van der Waals surface area (Å²) in [5, 5.41) is 0. The Morgan fingerprint density at radius 1 is 0.947 bits per heavy atom. The number of rotatable bonds is 8. The molecular formula is C16H24BrN2-. The Kier molecular flexibility index (Phi) is 7.80. The Labute approximate surface area is 126 Å². The van der Waals surface area contributed by atoms with Gasteiger partial charge < -0.3 is 22.0 Å². The van der Waals surface area contributed by atoms with E-state index in [-0.39, 0.29) is 17.0 Å². The summed E-state index contributed by atoms with van der Waals surface area (Å²) in [6.07, 6.45) is 10.6. The van der Waals surface area contributed by atoms with E-state index in [9.17, 15) is 0 Å². The Bertz CT molecular complexity index is 431. The first-order valence-electron chi connectivity index (χ1n) is 7.34. The zero-order chi connectivity index (χ0) is 12.6. The number of H-pyrrole nitrogens is 1. The zero-order valence-corrected chi connectivity index (χ0v) is 13.4. The summed E-state index contributed by atoms with van der Waals surface area (Å²) in [4.78, 5) is 8.00. The largest absolute Gasteiger partial charge is 1.00 e. The first-order chi connectivity index (χ1) is 8.90. The van der Waals surface area contributed by atoms with Crippen molar-refractivity contribution >= 4 is 11.0 Å². The van der Waals surface area contributed by atoms with E-state index in [0.29, 0.717) is 0 Å². The lowest BCUT2D eigenvalue weighted by Crippen LogP contribution is -3.00. The lowest BCUT2D eigenvalue weighted by Gasteiger charge is -1.99. The standard InChI is InChI=1S/C16H24N2.BrH/c1-2-3-4-5-6-7-8-13-16-17-14-11-9-10-12-15(14)18-16;/h9-12H,2-8,13H2,1H3,(H,17,18);1H/p-1. The van der Waals surface area contributed by atoms with Gasteiger partial charge in [0.15, 0.2) is 0 Å². The van der Waals surface area contributed by atoms with Gasteiger partial charge in [0.05, 0.1) is 11.0 Å². The average molecular weight is 324 g/mol. The van der Waals surface area contributed by atoms with E-state index in [1.807, 2.05) is 6.07 Å². The maximum Gasteiger partial charge on any atom is 0.107 e. The molecule has 0 aliphatic rings. The normalized spacial score (nSPS) is 10.6. The molecule has 1 aromatic carbocycles. The second-order valence-corrected chi connectivity index (χ2v) is 5.07. The maximum atomic E-state index is 4.60. The molecule has 0 atom stereocenters. The summed E-state index contributed by atoms with van der Waals surface area (Å²) >= 11 is 0. The van der Waals surface area contributed by atoms with Gasteiger partial charge in [-0.05, 0) is 18.6 Å². The minimum Gasteiger partial charge on any atom is -1.00 e. The molecule has 2 nitrogen and oxygen atoms in total. The van der Waals surface area contributed by atoms with E-state index in [1.54, 1.807) is 0 Å². The summed E-state index contributed by atoms with van der Waals surface area (Å²) in [5.41, 5.74) is 2.26. The first kappa shape index (κ1) is 16.2. The fraction of sp³-hybridized carbons (Fsp3) is 0.562. The predicted molar refractivity (Wildman–Crippen MR) is 77.8 cm³/mol. The van der Waals surface area contributed by atoms with Crippen molar-refractivity contribution in [3.63, 3.8) is 0 Å². The second kappa shape index (κ2) is 9.13. The summed E-state index contributed by atoms with van der Waals surface area (Å²) in [5.74, 6) is 1.14. The number of nitrogens with one attached hydrogen (secondary N) is 1. The number of aromatic nitrogens is 2. The first-order valence-corrected chi connectivity index (χ1v) is 7.34. The molecule has 2 rings (SSSR count). The quantitative estimate of drug-likeness (QED) is 0.738. The molecule has 0 saturated carbocycles. The van der Waals surface area contributed by atoms with Gasteiger partial charge in [0.2, 0.25) is 0 Å². The fourth-order valence-corrected chi connectivity index (χ4v) is 2.37. The van der Waals surface area contributed by atoms with E-state index in [2.05, 4.69) is 35.1 Å². The molecule has 0 aliphatic heterocycles. The average Bonchev–Trinajstić information content (AvgIpc) is 2.80. The van der Waals surface area contributed by atoms with Crippen LogP contribution in [0.4, 0.5) is 0 Å². The molecule has 2 aromatic rings. The lowest BCUT2D eigenvalue weighted by atomic mass is 10.1. The number of aryl methyl sites for hydroxylation is 1. The van der Waals surface area contributed by atoms with Gasteiger partial charge in [0.1, 0.15) is 5.82 Å². The van der Waals surface area contributed by atoms with Crippen molar-refractivity contribution < 1.29 is 17.0 Å². The highest BCUT2D eigenvalue weighted by Crippen LogP contribution is 2.13. The van der Waals surface area contributed by atoms with Gasteiger partial charge in [-0.3, -0.25) is 0 Å². The van der Waals surface area contributed by atoms with Crippen LogP contribution in [0.1, 0.15) is 57.7 Å². The molecule has 0 radical (unpaired) electrons. The summed E-state index contributed by atoms with van der Waals surface area (Å²) in [6, 6.07) is 8.26. The third kappa shape index (κ3) is 5.35. The molecule has 0 fully saturated rings. The van der Waals surface area contributed by atoms with Crippen molar-refractivity contribution in [3.8, 4) is 0 Å². The lowest BCUT2D eigenvalue weighted by molar-refractivity contribution is -0.00000401. The highest BCUT2D eigenvalue weighted by Gasteiger charge is 2.01. The van der Waals surface area contributed by atoms with Crippen LogP contribution in [0, 0.1) is 0 Å². The van der Waals surface area contributed by atoms with Gasteiger partial charge in [0.25, 0.3) is 0 Å². The van der Waals surface area contributed by atoms with Crippen LogP contribution >= 0.6 is 0 Å². The van der Waals surface area contributed by atoms with E-state index in [1.165, 1.54) is 44.9 Å². The van der Waals surface area contributed by atoms with Crippen molar-refractivity contribution in [3.05, 3.63) is 30.1 Å². The van der Waals surface area contributed by atoms with Gasteiger partial charge in [-0.25, -0.2) is 4.98 Å². The van der Waals surface area contributed by atoms with Crippen LogP contribution in [-0.4, -0.2) is 9.97 Å². The Hall–Kier alpha value is -0.830.